The lowest BCUT2D eigenvalue weighted by Gasteiger charge is -2.33. The molecule has 2 aromatic carbocycles. The van der Waals surface area contributed by atoms with E-state index in [2.05, 4.69) is 48.1 Å². The maximum absolute atomic E-state index is 13.4. The zero-order chi connectivity index (χ0) is 28.2. The van der Waals surface area contributed by atoms with Gasteiger partial charge < -0.3 is 9.80 Å². The first-order valence-corrected chi connectivity index (χ1v) is 15.0. The fraction of sp³-hybridized carbons (Fsp3) is 0.500. The van der Waals surface area contributed by atoms with Gasteiger partial charge in [-0.25, -0.2) is 0 Å². The van der Waals surface area contributed by atoms with Crippen LogP contribution in [0.2, 0.25) is 0 Å². The summed E-state index contributed by atoms with van der Waals surface area (Å²) in [6.45, 7) is 11.2. The number of aryl methyl sites for hydroxylation is 2. The van der Waals surface area contributed by atoms with Crippen LogP contribution in [0.4, 0.5) is 0 Å². The number of benzene rings is 2. The third-order valence-electron chi connectivity index (χ3n) is 8.83. The summed E-state index contributed by atoms with van der Waals surface area (Å²) in [6.07, 6.45) is 8.18. The second kappa shape index (κ2) is 12.5. The standard InChI is InChI=1S/C34H44N4O2/c1-24(2)22-37-15-11-29(12-16-37)33(39)20-31-19-30(6-5-25(31)3)34(40)38-17-13-28(14-18-38)26-7-9-27(10-8-26)32-21-35-36(4)23-32/h5-10,19,21,23-24,28-29H,11-18,20,22H2,1-4H3. The lowest BCUT2D eigenvalue weighted by atomic mass is 9.87. The Morgan fingerprint density at radius 1 is 0.925 bits per heavy atom. The van der Waals surface area contributed by atoms with Crippen LogP contribution >= 0.6 is 0 Å². The number of rotatable bonds is 8. The highest BCUT2D eigenvalue weighted by molar-refractivity contribution is 5.95. The fourth-order valence-electron chi connectivity index (χ4n) is 6.40. The van der Waals surface area contributed by atoms with Crippen molar-refractivity contribution in [1.82, 2.24) is 19.6 Å². The van der Waals surface area contributed by atoms with E-state index in [1.165, 1.54) is 11.1 Å². The van der Waals surface area contributed by atoms with Crippen molar-refractivity contribution in [2.75, 3.05) is 32.7 Å². The van der Waals surface area contributed by atoms with E-state index in [1.807, 2.05) is 54.1 Å². The lowest BCUT2D eigenvalue weighted by molar-refractivity contribution is -0.123. The molecule has 0 N–H and O–H groups in total. The van der Waals surface area contributed by atoms with Gasteiger partial charge in [-0.3, -0.25) is 14.3 Å². The van der Waals surface area contributed by atoms with Gasteiger partial charge in [0.05, 0.1) is 6.20 Å². The molecule has 2 aliphatic heterocycles. The van der Waals surface area contributed by atoms with Gasteiger partial charge in [0.15, 0.2) is 0 Å². The topological polar surface area (TPSA) is 58.4 Å². The molecule has 3 aromatic rings. The van der Waals surface area contributed by atoms with E-state index in [9.17, 15) is 9.59 Å². The maximum Gasteiger partial charge on any atom is 0.253 e. The molecular weight excluding hydrogens is 496 g/mol. The SMILES string of the molecule is Cc1ccc(C(=O)N2CCC(c3ccc(-c4cnn(C)c4)cc3)CC2)cc1CC(=O)C1CCN(CC(C)C)CC1. The van der Waals surface area contributed by atoms with E-state index in [1.54, 1.807) is 0 Å². The minimum Gasteiger partial charge on any atom is -0.339 e. The molecule has 0 bridgehead atoms. The summed E-state index contributed by atoms with van der Waals surface area (Å²) in [4.78, 5) is 31.1. The third kappa shape index (κ3) is 6.72. The number of piperidine rings is 2. The number of hydrogen-bond acceptors (Lipinski definition) is 4. The third-order valence-corrected chi connectivity index (χ3v) is 8.83. The van der Waals surface area contributed by atoms with Crippen molar-refractivity contribution >= 4 is 11.7 Å². The molecule has 0 aliphatic carbocycles. The first kappa shape index (κ1) is 28.3. The summed E-state index contributed by atoms with van der Waals surface area (Å²) in [5.74, 6) is 1.67. The van der Waals surface area contributed by atoms with E-state index in [0.29, 0.717) is 29.6 Å². The molecule has 1 amide bonds. The molecule has 5 rings (SSSR count). The van der Waals surface area contributed by atoms with Crippen LogP contribution in [0.5, 0.6) is 0 Å². The molecule has 3 heterocycles. The van der Waals surface area contributed by atoms with Crippen molar-refractivity contribution < 1.29 is 9.59 Å². The molecule has 0 radical (unpaired) electrons. The normalized spacial score (nSPS) is 17.5. The van der Waals surface area contributed by atoms with Crippen LogP contribution in [0.3, 0.4) is 0 Å². The molecule has 1 aromatic heterocycles. The van der Waals surface area contributed by atoms with E-state index < -0.39 is 0 Å². The Balaban J connectivity index is 1.15. The maximum atomic E-state index is 13.4. The quantitative estimate of drug-likeness (QED) is 0.357. The average Bonchev–Trinajstić information content (AvgIpc) is 3.40. The monoisotopic (exact) mass is 540 g/mol. The Bertz CT molecular complexity index is 1310. The molecule has 0 unspecified atom stereocenters. The van der Waals surface area contributed by atoms with Gasteiger partial charge in [-0.05, 0) is 91.9 Å². The van der Waals surface area contributed by atoms with Crippen molar-refractivity contribution in [1.29, 1.82) is 0 Å². The molecule has 6 nitrogen and oxygen atoms in total. The highest BCUT2D eigenvalue weighted by Crippen LogP contribution is 2.31. The van der Waals surface area contributed by atoms with Crippen molar-refractivity contribution in [2.24, 2.45) is 18.9 Å². The summed E-state index contributed by atoms with van der Waals surface area (Å²) >= 11 is 0. The second-order valence-corrected chi connectivity index (χ2v) is 12.3. The summed E-state index contributed by atoms with van der Waals surface area (Å²) in [6, 6.07) is 14.7. The Kier molecular flexibility index (Phi) is 8.84. The highest BCUT2D eigenvalue weighted by Gasteiger charge is 2.27. The van der Waals surface area contributed by atoms with Crippen LogP contribution in [0.15, 0.2) is 54.9 Å². The first-order chi connectivity index (χ1) is 19.3. The van der Waals surface area contributed by atoms with Gasteiger partial charge in [0.2, 0.25) is 0 Å². The molecule has 2 aliphatic rings. The molecule has 40 heavy (non-hydrogen) atoms. The number of nitrogens with zero attached hydrogens (tertiary/aromatic N) is 4. The summed E-state index contributed by atoms with van der Waals surface area (Å²) in [5.41, 5.74) is 6.44. The smallest absolute Gasteiger partial charge is 0.253 e. The molecular formula is C34H44N4O2. The predicted octanol–water partition coefficient (Wildman–Crippen LogP) is 5.89. The minimum atomic E-state index is 0.0843. The minimum absolute atomic E-state index is 0.0843. The van der Waals surface area contributed by atoms with Crippen molar-refractivity contribution in [3.63, 3.8) is 0 Å². The Labute approximate surface area is 239 Å². The highest BCUT2D eigenvalue weighted by atomic mass is 16.2. The molecule has 2 saturated heterocycles. The van der Waals surface area contributed by atoms with Gasteiger partial charge in [0.25, 0.3) is 5.91 Å². The summed E-state index contributed by atoms with van der Waals surface area (Å²) in [7, 11) is 1.93. The summed E-state index contributed by atoms with van der Waals surface area (Å²) < 4.78 is 1.82. The van der Waals surface area contributed by atoms with E-state index in [0.717, 1.165) is 75.1 Å². The fourth-order valence-corrected chi connectivity index (χ4v) is 6.40. The number of amides is 1. The van der Waals surface area contributed by atoms with Gasteiger partial charge in [-0.1, -0.05) is 44.2 Å². The molecule has 6 heteroatoms. The van der Waals surface area contributed by atoms with E-state index in [-0.39, 0.29) is 11.8 Å². The number of ketones is 1. The van der Waals surface area contributed by atoms with Gasteiger partial charge in [0, 0.05) is 56.3 Å². The Morgan fingerprint density at radius 2 is 1.62 bits per heavy atom. The number of hydrogen-bond donors (Lipinski definition) is 0. The van der Waals surface area contributed by atoms with Crippen molar-refractivity contribution in [2.45, 2.75) is 58.8 Å². The van der Waals surface area contributed by atoms with Crippen LogP contribution in [-0.4, -0.2) is 64.0 Å². The van der Waals surface area contributed by atoms with Crippen LogP contribution < -0.4 is 0 Å². The van der Waals surface area contributed by atoms with Gasteiger partial charge in [0.1, 0.15) is 5.78 Å². The largest absolute Gasteiger partial charge is 0.339 e. The molecule has 212 valence electrons. The molecule has 0 spiro atoms. The van der Waals surface area contributed by atoms with Crippen LogP contribution in [0.1, 0.15) is 72.5 Å². The van der Waals surface area contributed by atoms with Crippen LogP contribution in [0, 0.1) is 18.8 Å². The number of Topliss-reactive ketones (excluding diaryl/α,β-unsaturated/α-hetero) is 1. The van der Waals surface area contributed by atoms with Crippen molar-refractivity contribution in [3.8, 4) is 11.1 Å². The zero-order valence-electron chi connectivity index (χ0n) is 24.6. The van der Waals surface area contributed by atoms with Crippen LogP contribution in [-0.2, 0) is 18.3 Å². The predicted molar refractivity (Wildman–Crippen MR) is 160 cm³/mol. The Morgan fingerprint density at radius 3 is 2.25 bits per heavy atom. The lowest BCUT2D eigenvalue weighted by Crippen LogP contribution is -2.38. The van der Waals surface area contributed by atoms with E-state index in [4.69, 9.17) is 0 Å². The molecule has 0 saturated carbocycles. The number of carbonyl (C=O) groups excluding carboxylic acids is 2. The molecule has 0 atom stereocenters. The van der Waals surface area contributed by atoms with Crippen molar-refractivity contribution in [3.05, 3.63) is 77.1 Å². The number of aromatic nitrogens is 2. The van der Waals surface area contributed by atoms with Gasteiger partial charge >= 0.3 is 0 Å². The Hall–Kier alpha value is -3.25. The number of likely N-dealkylation sites (tertiary alicyclic amines) is 2. The van der Waals surface area contributed by atoms with Gasteiger partial charge in [-0.2, -0.15) is 5.10 Å². The second-order valence-electron chi connectivity index (χ2n) is 12.3. The van der Waals surface area contributed by atoms with E-state index >= 15 is 0 Å². The van der Waals surface area contributed by atoms with Gasteiger partial charge in [-0.15, -0.1) is 0 Å². The van der Waals surface area contributed by atoms with Crippen LogP contribution in [0.25, 0.3) is 11.1 Å². The summed E-state index contributed by atoms with van der Waals surface area (Å²) in [5, 5.41) is 4.27. The first-order valence-electron chi connectivity index (χ1n) is 15.0. The zero-order valence-corrected chi connectivity index (χ0v) is 24.6. The average molecular weight is 541 g/mol. The number of carbonyl (C=O) groups is 2. The molecule has 2 fully saturated rings.